The number of ether oxygens (including phenoxy) is 2. The molecule has 1 aromatic carbocycles. The Bertz CT molecular complexity index is 404. The lowest BCUT2D eigenvalue weighted by Crippen LogP contribution is -2.10. The largest absolute Gasteiger partial charge is 0.493 e. The minimum Gasteiger partial charge on any atom is -0.493 e. The highest BCUT2D eigenvalue weighted by atomic mass is 16.5. The Balaban J connectivity index is 2.88. The molecule has 1 N–H and O–H groups in total. The number of hydrogen-bond donors (Lipinski definition) is 1. The molecule has 1 rings (SSSR count). The van der Waals surface area contributed by atoms with Gasteiger partial charge in [0.25, 0.3) is 0 Å². The summed E-state index contributed by atoms with van der Waals surface area (Å²) in [4.78, 5) is 10.3. The molecule has 0 bridgehead atoms. The zero-order valence-electron chi connectivity index (χ0n) is 8.19. The fourth-order valence-electron chi connectivity index (χ4n) is 1.02. The van der Waals surface area contributed by atoms with Crippen LogP contribution in [0.2, 0.25) is 0 Å². The number of rotatable bonds is 4. The third-order valence-corrected chi connectivity index (χ3v) is 1.68. The summed E-state index contributed by atoms with van der Waals surface area (Å²) in [6.45, 7) is -0.411. The molecule has 1 aromatic rings. The highest BCUT2D eigenvalue weighted by molar-refractivity contribution is 5.68. The van der Waals surface area contributed by atoms with Crippen LogP contribution in [0.4, 0.5) is 0 Å². The third kappa shape index (κ3) is 2.92. The highest BCUT2D eigenvalue weighted by Crippen LogP contribution is 2.27. The molecule has 0 saturated carbocycles. The lowest BCUT2D eigenvalue weighted by molar-refractivity contribution is -0.139. The van der Waals surface area contributed by atoms with Crippen molar-refractivity contribution in [2.45, 2.75) is 0 Å². The maximum atomic E-state index is 10.3. The first-order chi connectivity index (χ1) is 7.17. The number of carbonyl (C=O) groups is 1. The van der Waals surface area contributed by atoms with E-state index in [1.54, 1.807) is 18.2 Å². The van der Waals surface area contributed by atoms with Gasteiger partial charge in [0, 0.05) is 5.56 Å². The lowest BCUT2D eigenvalue weighted by Gasteiger charge is -2.08. The van der Waals surface area contributed by atoms with Gasteiger partial charge < -0.3 is 14.6 Å². The Labute approximate surface area is 87.4 Å². The van der Waals surface area contributed by atoms with Crippen LogP contribution in [0.1, 0.15) is 5.56 Å². The van der Waals surface area contributed by atoms with Crippen LogP contribution >= 0.6 is 0 Å². The molecule has 0 unspecified atom stereocenters. The van der Waals surface area contributed by atoms with Gasteiger partial charge in [-0.2, -0.15) is 0 Å². The number of benzene rings is 1. The van der Waals surface area contributed by atoms with Crippen LogP contribution in [-0.2, 0) is 4.79 Å². The summed E-state index contributed by atoms with van der Waals surface area (Å²) in [5.74, 6) is 2.18. The summed E-state index contributed by atoms with van der Waals surface area (Å²) in [6.07, 6.45) is 5.21. The van der Waals surface area contributed by atoms with Gasteiger partial charge >= 0.3 is 5.97 Å². The van der Waals surface area contributed by atoms with E-state index in [0.29, 0.717) is 17.1 Å². The summed E-state index contributed by atoms with van der Waals surface area (Å²) in [6, 6.07) is 4.84. The van der Waals surface area contributed by atoms with Crippen LogP contribution in [0.15, 0.2) is 18.2 Å². The Morgan fingerprint density at radius 2 is 2.27 bits per heavy atom. The van der Waals surface area contributed by atoms with E-state index in [2.05, 4.69) is 5.92 Å². The predicted molar refractivity (Wildman–Crippen MR) is 54.1 cm³/mol. The molecule has 0 aliphatic rings. The van der Waals surface area contributed by atoms with E-state index in [-0.39, 0.29) is 0 Å². The molecule has 4 nitrogen and oxygen atoms in total. The van der Waals surface area contributed by atoms with Crippen LogP contribution in [0.3, 0.4) is 0 Å². The first-order valence-electron chi connectivity index (χ1n) is 4.16. The van der Waals surface area contributed by atoms with Crippen molar-refractivity contribution >= 4 is 5.97 Å². The zero-order chi connectivity index (χ0) is 11.3. The van der Waals surface area contributed by atoms with Crippen molar-refractivity contribution in [1.29, 1.82) is 0 Å². The SMILES string of the molecule is C#Cc1ccc(OCC(=O)O)c(OC)c1. The van der Waals surface area contributed by atoms with E-state index in [4.69, 9.17) is 21.0 Å². The molecule has 78 valence electrons. The van der Waals surface area contributed by atoms with E-state index >= 15 is 0 Å². The quantitative estimate of drug-likeness (QED) is 0.750. The van der Waals surface area contributed by atoms with Crippen molar-refractivity contribution in [3.05, 3.63) is 23.8 Å². The summed E-state index contributed by atoms with van der Waals surface area (Å²) in [5.41, 5.74) is 0.648. The van der Waals surface area contributed by atoms with Crippen molar-refractivity contribution in [2.24, 2.45) is 0 Å². The molecule has 0 aliphatic carbocycles. The predicted octanol–water partition coefficient (Wildman–Crippen LogP) is 1.14. The third-order valence-electron chi connectivity index (χ3n) is 1.68. The van der Waals surface area contributed by atoms with Crippen LogP contribution in [0.5, 0.6) is 11.5 Å². The monoisotopic (exact) mass is 206 g/mol. The summed E-state index contributed by atoms with van der Waals surface area (Å²) in [5, 5.41) is 8.44. The summed E-state index contributed by atoms with van der Waals surface area (Å²) >= 11 is 0. The second kappa shape index (κ2) is 4.91. The molecule has 0 radical (unpaired) electrons. The molecular weight excluding hydrogens is 196 g/mol. The Morgan fingerprint density at radius 1 is 1.53 bits per heavy atom. The van der Waals surface area contributed by atoms with Crippen molar-refractivity contribution in [3.63, 3.8) is 0 Å². The lowest BCUT2D eigenvalue weighted by atomic mass is 10.2. The zero-order valence-corrected chi connectivity index (χ0v) is 8.19. The number of terminal acetylenes is 1. The van der Waals surface area contributed by atoms with E-state index < -0.39 is 12.6 Å². The average Bonchev–Trinajstić information content (AvgIpc) is 2.25. The second-order valence-corrected chi connectivity index (χ2v) is 2.69. The number of hydrogen-bond acceptors (Lipinski definition) is 3. The molecule has 0 fully saturated rings. The Kier molecular flexibility index (Phi) is 3.58. The molecule has 0 aromatic heterocycles. The average molecular weight is 206 g/mol. The van der Waals surface area contributed by atoms with Gasteiger partial charge in [0.1, 0.15) is 0 Å². The van der Waals surface area contributed by atoms with Gasteiger partial charge in [0.2, 0.25) is 0 Å². The minimum atomic E-state index is -1.04. The number of carboxylic acids is 1. The summed E-state index contributed by atoms with van der Waals surface area (Å²) < 4.78 is 10.0. The van der Waals surface area contributed by atoms with Gasteiger partial charge in [-0.05, 0) is 18.2 Å². The molecule has 4 heteroatoms. The number of methoxy groups -OCH3 is 1. The van der Waals surface area contributed by atoms with Crippen LogP contribution < -0.4 is 9.47 Å². The van der Waals surface area contributed by atoms with Gasteiger partial charge in [0.15, 0.2) is 18.1 Å². The van der Waals surface area contributed by atoms with E-state index in [1.165, 1.54) is 7.11 Å². The first-order valence-corrected chi connectivity index (χ1v) is 4.16. The molecule has 15 heavy (non-hydrogen) atoms. The fraction of sp³-hybridized carbons (Fsp3) is 0.182. The maximum Gasteiger partial charge on any atom is 0.341 e. The van der Waals surface area contributed by atoms with Gasteiger partial charge in [-0.1, -0.05) is 5.92 Å². The second-order valence-electron chi connectivity index (χ2n) is 2.69. The van der Waals surface area contributed by atoms with Crippen molar-refractivity contribution in [1.82, 2.24) is 0 Å². The number of carboxylic acid groups (broad SMARTS) is 1. The fourth-order valence-corrected chi connectivity index (χ4v) is 1.02. The Morgan fingerprint density at radius 3 is 2.80 bits per heavy atom. The van der Waals surface area contributed by atoms with Gasteiger partial charge in [-0.25, -0.2) is 4.79 Å². The Hall–Kier alpha value is -2.15. The molecule has 0 spiro atoms. The maximum absolute atomic E-state index is 10.3. The van der Waals surface area contributed by atoms with Crippen molar-refractivity contribution in [2.75, 3.05) is 13.7 Å². The molecule has 0 atom stereocenters. The molecular formula is C11H10O4. The van der Waals surface area contributed by atoms with Crippen molar-refractivity contribution < 1.29 is 19.4 Å². The highest BCUT2D eigenvalue weighted by Gasteiger charge is 2.06. The first kappa shape index (κ1) is 10.9. The molecule has 0 aliphatic heterocycles. The molecule has 0 heterocycles. The van der Waals surface area contributed by atoms with Gasteiger partial charge in [-0.15, -0.1) is 6.42 Å². The van der Waals surface area contributed by atoms with Crippen LogP contribution in [-0.4, -0.2) is 24.8 Å². The minimum absolute atomic E-state index is 0.360. The standard InChI is InChI=1S/C11H10O4/c1-3-8-4-5-9(10(6-8)14-2)15-7-11(12)13/h1,4-6H,7H2,2H3,(H,12,13). The normalized spacial score (nSPS) is 9.07. The van der Waals surface area contributed by atoms with Gasteiger partial charge in [-0.3, -0.25) is 0 Å². The van der Waals surface area contributed by atoms with E-state index in [9.17, 15) is 4.79 Å². The van der Waals surface area contributed by atoms with E-state index in [1.807, 2.05) is 0 Å². The van der Waals surface area contributed by atoms with Crippen molar-refractivity contribution in [3.8, 4) is 23.8 Å². The topological polar surface area (TPSA) is 55.8 Å². The van der Waals surface area contributed by atoms with E-state index in [0.717, 1.165) is 0 Å². The van der Waals surface area contributed by atoms with Crippen LogP contribution in [0, 0.1) is 12.3 Å². The molecule has 0 saturated heterocycles. The van der Waals surface area contributed by atoms with Crippen LogP contribution in [0.25, 0.3) is 0 Å². The smallest absolute Gasteiger partial charge is 0.341 e. The number of aliphatic carboxylic acids is 1. The molecule has 0 amide bonds. The summed E-state index contributed by atoms with van der Waals surface area (Å²) in [7, 11) is 1.46. The van der Waals surface area contributed by atoms with Gasteiger partial charge in [0.05, 0.1) is 7.11 Å².